The van der Waals surface area contributed by atoms with Crippen molar-refractivity contribution in [3.05, 3.63) is 0 Å². The third-order valence-corrected chi connectivity index (χ3v) is 8.47. The van der Waals surface area contributed by atoms with E-state index in [0.29, 0.717) is 18.5 Å². The molecule has 2 heterocycles. The van der Waals surface area contributed by atoms with Crippen molar-refractivity contribution in [1.29, 1.82) is 5.41 Å². The van der Waals surface area contributed by atoms with Crippen LogP contribution in [0.15, 0.2) is 4.99 Å². The number of guanidine groups is 2. The average Bonchev–Trinajstić information content (AvgIpc) is 3.05. The van der Waals surface area contributed by atoms with Crippen molar-refractivity contribution in [3.8, 4) is 0 Å². The molecular formula is C14H29N7S4. The fourth-order valence-corrected chi connectivity index (χ4v) is 6.32. The topological polar surface area (TPSA) is 92.8 Å². The summed E-state index contributed by atoms with van der Waals surface area (Å²) in [4.78, 5) is 8.76. The summed E-state index contributed by atoms with van der Waals surface area (Å²) in [6.45, 7) is 6.98. The minimum absolute atomic E-state index is 0.545. The van der Waals surface area contributed by atoms with Gasteiger partial charge in [0.15, 0.2) is 11.9 Å². The Balaban J connectivity index is 1.51. The molecule has 0 atom stereocenters. The fraction of sp³-hybridized carbons (Fsp3) is 0.857. The van der Waals surface area contributed by atoms with E-state index >= 15 is 0 Å². The summed E-state index contributed by atoms with van der Waals surface area (Å²) in [6, 6.07) is 0. The molecule has 2 aliphatic rings. The maximum absolute atomic E-state index is 8.11. The van der Waals surface area contributed by atoms with Crippen molar-refractivity contribution >= 4 is 55.1 Å². The largest absolute Gasteiger partial charge is 0.370 e. The predicted molar refractivity (Wildman–Crippen MR) is 118 cm³/mol. The number of rotatable bonds is 6. The lowest BCUT2D eigenvalue weighted by molar-refractivity contribution is 0.450. The molecule has 0 aromatic carbocycles. The summed E-state index contributed by atoms with van der Waals surface area (Å²) in [5.74, 6) is 5.59. The molecule has 0 aromatic heterocycles. The van der Waals surface area contributed by atoms with Gasteiger partial charge in [-0.25, -0.2) is 0 Å². The molecular weight excluding hydrogens is 394 g/mol. The lowest BCUT2D eigenvalue weighted by Crippen LogP contribution is -2.44. The van der Waals surface area contributed by atoms with Crippen LogP contribution in [0.3, 0.4) is 0 Å². The van der Waals surface area contributed by atoms with Crippen molar-refractivity contribution in [2.24, 2.45) is 10.7 Å². The van der Waals surface area contributed by atoms with Gasteiger partial charge in [0.2, 0.25) is 0 Å². The summed E-state index contributed by atoms with van der Waals surface area (Å²) in [7, 11) is 7.62. The van der Waals surface area contributed by atoms with Gasteiger partial charge in [-0.05, 0) is 0 Å². The molecule has 0 unspecified atom stereocenters. The zero-order valence-corrected chi connectivity index (χ0v) is 17.8. The van der Waals surface area contributed by atoms with E-state index in [0.717, 1.165) is 68.8 Å². The van der Waals surface area contributed by atoms with Crippen LogP contribution in [0.1, 0.15) is 0 Å². The highest BCUT2D eigenvalue weighted by Gasteiger charge is 2.12. The van der Waals surface area contributed by atoms with E-state index in [1.807, 2.05) is 43.2 Å². The van der Waals surface area contributed by atoms with Gasteiger partial charge in [-0.1, -0.05) is 43.2 Å². The van der Waals surface area contributed by atoms with Crippen molar-refractivity contribution in [2.75, 3.05) is 75.4 Å². The Labute approximate surface area is 166 Å². The Hall–Kier alpha value is -0.100. The van der Waals surface area contributed by atoms with Gasteiger partial charge < -0.3 is 26.2 Å². The minimum atomic E-state index is 0.545. The van der Waals surface area contributed by atoms with Crippen LogP contribution in [0.5, 0.6) is 0 Å². The number of hydrogen-bond acceptors (Lipinski definition) is 7. The molecule has 2 rings (SSSR count). The van der Waals surface area contributed by atoms with Crippen LogP contribution in [0.25, 0.3) is 0 Å². The quantitative estimate of drug-likeness (QED) is 0.214. The Bertz CT molecular complexity index is 408. The molecule has 0 bridgehead atoms. The van der Waals surface area contributed by atoms with Gasteiger partial charge in [-0.3, -0.25) is 10.4 Å². The number of nitrogens with two attached hydrogens (primary N) is 1. The Morgan fingerprint density at radius 2 is 1.44 bits per heavy atom. The normalized spacial score (nSPS) is 20.1. The second-order valence-corrected chi connectivity index (χ2v) is 10.9. The van der Waals surface area contributed by atoms with Crippen LogP contribution in [0.2, 0.25) is 0 Å². The van der Waals surface area contributed by atoms with E-state index in [1.165, 1.54) is 0 Å². The maximum atomic E-state index is 8.11. The highest BCUT2D eigenvalue weighted by molar-refractivity contribution is 8.77. The molecule has 7 nitrogen and oxygen atoms in total. The Morgan fingerprint density at radius 3 is 2.04 bits per heavy atom. The van der Waals surface area contributed by atoms with Gasteiger partial charge in [-0.2, -0.15) is 0 Å². The van der Waals surface area contributed by atoms with Gasteiger partial charge in [0, 0.05) is 68.8 Å². The second-order valence-electron chi connectivity index (χ2n) is 5.53. The predicted octanol–water partition coefficient (Wildman–Crippen LogP) is 0.809. The molecule has 144 valence electrons. The lowest BCUT2D eigenvalue weighted by atomic mass is 10.5. The monoisotopic (exact) mass is 423 g/mol. The summed E-state index contributed by atoms with van der Waals surface area (Å²) in [6.07, 6.45) is 0. The zero-order valence-electron chi connectivity index (χ0n) is 14.5. The Morgan fingerprint density at radius 1 is 0.880 bits per heavy atom. The first-order valence-corrected chi connectivity index (χ1v) is 13.6. The molecule has 0 amide bonds. The first kappa shape index (κ1) is 21.2. The van der Waals surface area contributed by atoms with E-state index in [1.54, 1.807) is 0 Å². The number of aliphatic imine (C=N–C) groups is 1. The summed E-state index contributed by atoms with van der Waals surface area (Å²) in [5.41, 5.74) is 6.07. The molecule has 11 heteroatoms. The molecule has 0 radical (unpaired) electrons. The molecule has 2 saturated heterocycles. The van der Waals surface area contributed by atoms with E-state index in [2.05, 4.69) is 25.4 Å². The number of nitrogens with zero attached hydrogens (tertiary/aromatic N) is 3. The molecule has 2 fully saturated rings. The molecule has 0 saturated carbocycles. The summed E-state index contributed by atoms with van der Waals surface area (Å²) in [5, 5.41) is 14.7. The molecule has 25 heavy (non-hydrogen) atoms. The van der Waals surface area contributed by atoms with Gasteiger partial charge in [0.25, 0.3) is 0 Å². The molecule has 0 aromatic rings. The SMILES string of the molecule is N=C(NCCNCCN=C(N)N1CCSSCC1)N1CCSSCC1. The number of nitrogens with one attached hydrogen (secondary N) is 3. The standard InChI is InChI=1S/C14H29N7S4/c15-13(20-5-9-22-23-10-6-20)18-3-1-17-2-4-19-14(16)21-7-11-24-25-12-8-21/h17H,1-12H2,(H2,15,18)(H2,16,19). The van der Waals surface area contributed by atoms with Crippen LogP contribution in [0.4, 0.5) is 0 Å². The van der Waals surface area contributed by atoms with E-state index in [9.17, 15) is 0 Å². The maximum Gasteiger partial charge on any atom is 0.191 e. The fourth-order valence-electron chi connectivity index (χ4n) is 2.36. The molecule has 5 N–H and O–H groups in total. The second kappa shape index (κ2) is 13.1. The summed E-state index contributed by atoms with van der Waals surface area (Å²) >= 11 is 0. The van der Waals surface area contributed by atoms with Crippen LogP contribution < -0.4 is 16.4 Å². The Kier molecular flexibility index (Phi) is 11.1. The van der Waals surface area contributed by atoms with Crippen molar-refractivity contribution in [2.45, 2.75) is 0 Å². The zero-order chi connectivity index (χ0) is 17.7. The first-order chi connectivity index (χ1) is 12.3. The minimum Gasteiger partial charge on any atom is -0.370 e. The van der Waals surface area contributed by atoms with Gasteiger partial charge >= 0.3 is 0 Å². The van der Waals surface area contributed by atoms with Crippen molar-refractivity contribution < 1.29 is 0 Å². The van der Waals surface area contributed by atoms with E-state index in [4.69, 9.17) is 11.1 Å². The van der Waals surface area contributed by atoms with Crippen LogP contribution in [-0.2, 0) is 0 Å². The highest BCUT2D eigenvalue weighted by atomic mass is 33.1. The van der Waals surface area contributed by atoms with Crippen molar-refractivity contribution in [3.63, 3.8) is 0 Å². The molecule has 0 spiro atoms. The van der Waals surface area contributed by atoms with Crippen molar-refractivity contribution in [1.82, 2.24) is 20.4 Å². The highest BCUT2D eigenvalue weighted by Crippen LogP contribution is 2.24. The first-order valence-electron chi connectivity index (χ1n) is 8.59. The average molecular weight is 424 g/mol. The van der Waals surface area contributed by atoms with Crippen LogP contribution in [-0.4, -0.2) is 97.1 Å². The number of hydrogen-bond donors (Lipinski definition) is 4. The lowest BCUT2D eigenvalue weighted by Gasteiger charge is -2.23. The summed E-state index contributed by atoms with van der Waals surface area (Å²) < 4.78 is 0. The molecule has 2 aliphatic heterocycles. The van der Waals surface area contributed by atoms with E-state index < -0.39 is 0 Å². The van der Waals surface area contributed by atoms with E-state index in [-0.39, 0.29) is 0 Å². The van der Waals surface area contributed by atoms with Gasteiger partial charge in [-0.15, -0.1) is 0 Å². The van der Waals surface area contributed by atoms with Crippen LogP contribution >= 0.6 is 43.2 Å². The van der Waals surface area contributed by atoms with Gasteiger partial charge in [0.1, 0.15) is 0 Å². The smallest absolute Gasteiger partial charge is 0.191 e. The van der Waals surface area contributed by atoms with Crippen LogP contribution in [0, 0.1) is 5.41 Å². The third kappa shape index (κ3) is 8.89. The van der Waals surface area contributed by atoms with Gasteiger partial charge in [0.05, 0.1) is 6.54 Å². The third-order valence-electron chi connectivity index (χ3n) is 3.74. The molecule has 0 aliphatic carbocycles.